The Morgan fingerprint density at radius 1 is 1.06 bits per heavy atom. The number of thioether (sulfide) groups is 1. The van der Waals surface area contributed by atoms with Crippen molar-refractivity contribution in [2.75, 3.05) is 32.3 Å². The van der Waals surface area contributed by atoms with Gasteiger partial charge in [-0.2, -0.15) is 11.8 Å². The molecule has 190 valence electrons. The highest BCUT2D eigenvalue weighted by atomic mass is 32.2. The standard InChI is InChI=1S/C29H33NO5S/c1-5-36-15-14-35-29(32)25-18(2)30-22-16-20(19-10-7-6-8-11-19)17-23(31)27(22)26(25)21-12-9-13-24(33-3)28(21)34-4/h6-13,20,26,30H,5,14-17H2,1-4H3/t20-,26-/m0/s1. The van der Waals surface area contributed by atoms with E-state index in [0.717, 1.165) is 22.8 Å². The molecule has 0 saturated heterocycles. The number of methoxy groups -OCH3 is 2. The van der Waals surface area contributed by atoms with Crippen molar-refractivity contribution in [3.8, 4) is 11.5 Å². The van der Waals surface area contributed by atoms with Crippen LogP contribution >= 0.6 is 11.8 Å². The first-order valence-electron chi connectivity index (χ1n) is 12.2. The van der Waals surface area contributed by atoms with E-state index in [9.17, 15) is 9.59 Å². The summed E-state index contributed by atoms with van der Waals surface area (Å²) in [6.45, 7) is 4.25. The normalized spacial score (nSPS) is 19.5. The molecule has 2 aromatic carbocycles. The van der Waals surface area contributed by atoms with E-state index >= 15 is 0 Å². The Bertz CT molecular complexity index is 1190. The van der Waals surface area contributed by atoms with Gasteiger partial charge in [0.25, 0.3) is 0 Å². The van der Waals surface area contributed by atoms with Crippen LogP contribution in [0.2, 0.25) is 0 Å². The van der Waals surface area contributed by atoms with Crippen LogP contribution in [0.15, 0.2) is 71.1 Å². The second-order valence-corrected chi connectivity index (χ2v) is 10.2. The van der Waals surface area contributed by atoms with Crippen molar-refractivity contribution in [3.63, 3.8) is 0 Å². The van der Waals surface area contributed by atoms with Crippen LogP contribution in [0.5, 0.6) is 11.5 Å². The summed E-state index contributed by atoms with van der Waals surface area (Å²) < 4.78 is 17.0. The van der Waals surface area contributed by atoms with Crippen molar-refractivity contribution in [2.24, 2.45) is 0 Å². The predicted molar refractivity (Wildman–Crippen MR) is 143 cm³/mol. The molecule has 4 rings (SSSR count). The Hall–Kier alpha value is -3.19. The largest absolute Gasteiger partial charge is 0.493 e. The van der Waals surface area contributed by atoms with Crippen molar-refractivity contribution in [1.82, 2.24) is 5.32 Å². The molecule has 7 heteroatoms. The van der Waals surface area contributed by atoms with Gasteiger partial charge in [-0.25, -0.2) is 4.79 Å². The molecule has 1 N–H and O–H groups in total. The number of para-hydroxylation sites is 1. The summed E-state index contributed by atoms with van der Waals surface area (Å²) in [7, 11) is 3.15. The number of Topliss-reactive ketones (excluding diaryl/α,β-unsaturated/α-hetero) is 1. The van der Waals surface area contributed by atoms with E-state index in [1.807, 2.05) is 43.3 Å². The molecule has 0 saturated carbocycles. The van der Waals surface area contributed by atoms with Gasteiger partial charge in [0.1, 0.15) is 6.61 Å². The minimum atomic E-state index is -0.609. The number of hydrogen-bond donors (Lipinski definition) is 1. The van der Waals surface area contributed by atoms with Gasteiger partial charge in [0, 0.05) is 34.7 Å². The molecule has 2 aliphatic rings. The van der Waals surface area contributed by atoms with Gasteiger partial charge in [-0.3, -0.25) is 4.79 Å². The third kappa shape index (κ3) is 5.16. The molecule has 0 amide bonds. The molecule has 1 aliphatic heterocycles. The highest BCUT2D eigenvalue weighted by Gasteiger charge is 2.42. The number of esters is 1. The van der Waals surface area contributed by atoms with Crippen LogP contribution < -0.4 is 14.8 Å². The number of nitrogens with one attached hydrogen (secondary N) is 1. The Balaban J connectivity index is 1.80. The van der Waals surface area contributed by atoms with Gasteiger partial charge >= 0.3 is 5.97 Å². The maximum atomic E-state index is 13.8. The third-order valence-corrected chi connectivity index (χ3v) is 7.59. The zero-order valence-electron chi connectivity index (χ0n) is 21.3. The van der Waals surface area contributed by atoms with Crippen LogP contribution in [-0.4, -0.2) is 44.1 Å². The number of rotatable bonds is 9. The molecule has 1 aliphatic carbocycles. The van der Waals surface area contributed by atoms with Gasteiger partial charge in [0.05, 0.1) is 25.7 Å². The van der Waals surface area contributed by atoms with Crippen molar-refractivity contribution in [3.05, 3.63) is 82.2 Å². The second-order valence-electron chi connectivity index (χ2n) is 8.84. The Kier molecular flexibility index (Phi) is 8.41. The molecular formula is C29H33NO5S. The Morgan fingerprint density at radius 2 is 1.83 bits per heavy atom. The van der Waals surface area contributed by atoms with Crippen LogP contribution in [-0.2, 0) is 14.3 Å². The molecule has 0 aromatic heterocycles. The van der Waals surface area contributed by atoms with Crippen LogP contribution in [0, 0.1) is 0 Å². The van der Waals surface area contributed by atoms with Crippen LogP contribution in [0.25, 0.3) is 0 Å². The van der Waals surface area contributed by atoms with E-state index in [4.69, 9.17) is 14.2 Å². The van der Waals surface area contributed by atoms with Gasteiger partial charge in [0.15, 0.2) is 17.3 Å². The molecule has 2 aromatic rings. The second kappa shape index (κ2) is 11.7. The summed E-state index contributed by atoms with van der Waals surface area (Å²) >= 11 is 1.71. The number of ether oxygens (including phenoxy) is 3. The van der Waals surface area contributed by atoms with Gasteiger partial charge in [-0.1, -0.05) is 49.4 Å². The number of ketones is 1. The van der Waals surface area contributed by atoms with Crippen molar-refractivity contribution >= 4 is 23.5 Å². The number of carbonyl (C=O) groups excluding carboxylic acids is 2. The fraction of sp³-hybridized carbons (Fsp3) is 0.379. The maximum absolute atomic E-state index is 13.8. The lowest BCUT2D eigenvalue weighted by molar-refractivity contribution is -0.138. The highest BCUT2D eigenvalue weighted by molar-refractivity contribution is 7.99. The molecule has 0 unspecified atom stereocenters. The number of allylic oxidation sites excluding steroid dienone is 3. The zero-order chi connectivity index (χ0) is 25.7. The lowest BCUT2D eigenvalue weighted by atomic mass is 9.71. The smallest absolute Gasteiger partial charge is 0.336 e. The fourth-order valence-corrected chi connectivity index (χ4v) is 5.63. The van der Waals surface area contributed by atoms with Crippen LogP contribution in [0.3, 0.4) is 0 Å². The van der Waals surface area contributed by atoms with E-state index in [0.29, 0.717) is 53.4 Å². The lowest BCUT2D eigenvalue weighted by Crippen LogP contribution is -2.36. The van der Waals surface area contributed by atoms with Crippen LogP contribution in [0.4, 0.5) is 0 Å². The van der Waals surface area contributed by atoms with E-state index in [1.54, 1.807) is 26.0 Å². The number of carbonyl (C=O) groups is 2. The van der Waals surface area contributed by atoms with E-state index in [2.05, 4.69) is 24.4 Å². The SMILES string of the molecule is CCSCCOC(=O)C1=C(C)NC2=C(C(=O)C[C@@H](c3ccccc3)C2)[C@H]1c1cccc(OC)c1OC. The Labute approximate surface area is 217 Å². The molecule has 36 heavy (non-hydrogen) atoms. The van der Waals surface area contributed by atoms with Crippen molar-refractivity contribution < 1.29 is 23.8 Å². The van der Waals surface area contributed by atoms with Gasteiger partial charge < -0.3 is 19.5 Å². The average molecular weight is 508 g/mol. The van der Waals surface area contributed by atoms with Gasteiger partial charge in [-0.15, -0.1) is 0 Å². The number of benzene rings is 2. The average Bonchev–Trinajstić information content (AvgIpc) is 2.90. The number of dihydropyridines is 1. The molecule has 0 radical (unpaired) electrons. The lowest BCUT2D eigenvalue weighted by Gasteiger charge is -2.37. The van der Waals surface area contributed by atoms with E-state index in [1.165, 1.54) is 0 Å². The summed E-state index contributed by atoms with van der Waals surface area (Å²) in [4.78, 5) is 27.2. The Morgan fingerprint density at radius 3 is 2.53 bits per heavy atom. The zero-order valence-corrected chi connectivity index (χ0v) is 22.1. The molecule has 0 bridgehead atoms. The van der Waals surface area contributed by atoms with Crippen LogP contribution in [0.1, 0.15) is 49.7 Å². The minimum Gasteiger partial charge on any atom is -0.493 e. The maximum Gasteiger partial charge on any atom is 0.336 e. The molecule has 0 spiro atoms. The molecule has 0 fully saturated rings. The van der Waals surface area contributed by atoms with E-state index in [-0.39, 0.29) is 11.7 Å². The highest BCUT2D eigenvalue weighted by Crippen LogP contribution is 2.49. The molecule has 2 atom stereocenters. The quantitative estimate of drug-likeness (QED) is 0.362. The summed E-state index contributed by atoms with van der Waals surface area (Å²) in [5, 5.41) is 3.41. The van der Waals surface area contributed by atoms with Crippen molar-refractivity contribution in [2.45, 2.75) is 38.5 Å². The molecule has 6 nitrogen and oxygen atoms in total. The van der Waals surface area contributed by atoms with Gasteiger partial charge in [0.2, 0.25) is 0 Å². The first-order chi connectivity index (χ1) is 17.5. The van der Waals surface area contributed by atoms with E-state index < -0.39 is 11.9 Å². The summed E-state index contributed by atoms with van der Waals surface area (Å²) in [5.41, 5.74) is 4.44. The van der Waals surface area contributed by atoms with Crippen molar-refractivity contribution in [1.29, 1.82) is 0 Å². The summed E-state index contributed by atoms with van der Waals surface area (Å²) in [6, 6.07) is 15.7. The number of hydrogen-bond acceptors (Lipinski definition) is 7. The first-order valence-corrected chi connectivity index (χ1v) is 13.4. The molecule has 1 heterocycles. The minimum absolute atomic E-state index is 0.0202. The third-order valence-electron chi connectivity index (χ3n) is 6.73. The van der Waals surface area contributed by atoms with Gasteiger partial charge in [-0.05, 0) is 36.6 Å². The monoisotopic (exact) mass is 507 g/mol. The molecular weight excluding hydrogens is 474 g/mol. The topological polar surface area (TPSA) is 73.9 Å². The predicted octanol–water partition coefficient (Wildman–Crippen LogP) is 5.36. The first kappa shape index (κ1) is 25.9. The summed E-state index contributed by atoms with van der Waals surface area (Å²) in [6.07, 6.45) is 1.06. The fourth-order valence-electron chi connectivity index (χ4n) is 5.14. The summed E-state index contributed by atoms with van der Waals surface area (Å²) in [5.74, 6) is 1.80.